The zero-order chi connectivity index (χ0) is 24.7. The molecule has 9 heteroatoms. The molecule has 2 atom stereocenters. The first-order chi connectivity index (χ1) is 16.7. The van der Waals surface area contributed by atoms with Crippen molar-refractivity contribution in [2.75, 3.05) is 10.6 Å². The van der Waals surface area contributed by atoms with Gasteiger partial charge >= 0.3 is 0 Å². The van der Waals surface area contributed by atoms with Gasteiger partial charge in [0.25, 0.3) is 0 Å². The number of fused-ring (bicyclic) bond motifs is 1. The smallest absolute Gasteiger partial charge is 0.224 e. The van der Waals surface area contributed by atoms with E-state index in [9.17, 15) is 13.2 Å². The molecule has 2 saturated carbocycles. The van der Waals surface area contributed by atoms with E-state index in [0.717, 1.165) is 32.1 Å². The number of imidazole rings is 1. The molecule has 3 aromatic rings. The van der Waals surface area contributed by atoms with E-state index in [0.29, 0.717) is 41.2 Å². The van der Waals surface area contributed by atoms with Gasteiger partial charge < -0.3 is 10.6 Å². The number of hydrogen-bond donors (Lipinski definition) is 2. The molecule has 0 saturated heterocycles. The summed E-state index contributed by atoms with van der Waals surface area (Å²) >= 11 is 0. The summed E-state index contributed by atoms with van der Waals surface area (Å²) in [5.41, 5.74) is 0.894. The number of anilines is 3. The second-order valence-electron chi connectivity index (χ2n) is 11.1. The van der Waals surface area contributed by atoms with Crippen LogP contribution in [0.25, 0.3) is 11.2 Å². The van der Waals surface area contributed by atoms with Crippen LogP contribution in [-0.2, 0) is 0 Å². The predicted octanol–water partition coefficient (Wildman–Crippen LogP) is 7.12. The van der Waals surface area contributed by atoms with Crippen LogP contribution in [0.5, 0.6) is 0 Å². The van der Waals surface area contributed by atoms with Gasteiger partial charge in [-0.2, -0.15) is 4.98 Å². The number of halogens is 3. The van der Waals surface area contributed by atoms with Crippen LogP contribution >= 0.6 is 0 Å². The van der Waals surface area contributed by atoms with E-state index >= 15 is 0 Å². The Morgan fingerprint density at radius 1 is 0.943 bits per heavy atom. The van der Waals surface area contributed by atoms with Crippen molar-refractivity contribution in [3.63, 3.8) is 0 Å². The van der Waals surface area contributed by atoms with Gasteiger partial charge in [-0.05, 0) is 43.4 Å². The number of nitrogens with one attached hydrogen (secondary N) is 2. The molecular weight excluding hydrogens is 453 g/mol. The van der Waals surface area contributed by atoms with E-state index in [1.54, 1.807) is 6.20 Å². The third-order valence-corrected chi connectivity index (χ3v) is 7.61. The SMILES string of the molecule is CC(C)(C)[C@@H]1CCC(n2c(Nc3c(F)cc(F)cc3F)nc3cnc(NC4CCCCC4)nc32)C1. The topological polar surface area (TPSA) is 67.7 Å². The molecule has 1 unspecified atom stereocenters. The molecule has 2 aliphatic rings. The molecule has 5 rings (SSSR count). The lowest BCUT2D eigenvalue weighted by molar-refractivity contribution is 0.240. The van der Waals surface area contributed by atoms with Crippen LogP contribution in [-0.4, -0.2) is 25.6 Å². The molecule has 35 heavy (non-hydrogen) atoms. The maximum atomic E-state index is 14.5. The van der Waals surface area contributed by atoms with E-state index in [-0.39, 0.29) is 17.4 Å². The first kappa shape index (κ1) is 23.9. The number of aromatic nitrogens is 4. The van der Waals surface area contributed by atoms with Crippen LogP contribution in [0.15, 0.2) is 18.3 Å². The number of hydrogen-bond acceptors (Lipinski definition) is 5. The molecule has 0 spiro atoms. The molecule has 2 fully saturated rings. The average Bonchev–Trinajstić information content (AvgIpc) is 3.41. The van der Waals surface area contributed by atoms with Gasteiger partial charge in [-0.15, -0.1) is 0 Å². The highest BCUT2D eigenvalue weighted by atomic mass is 19.1. The highest BCUT2D eigenvalue weighted by molar-refractivity contribution is 5.76. The Morgan fingerprint density at radius 3 is 2.31 bits per heavy atom. The van der Waals surface area contributed by atoms with Gasteiger partial charge in [-0.3, -0.25) is 4.57 Å². The first-order valence-electron chi connectivity index (χ1n) is 12.6. The van der Waals surface area contributed by atoms with Crippen molar-refractivity contribution in [2.45, 2.75) is 84.2 Å². The molecule has 2 N–H and O–H groups in total. The third kappa shape index (κ3) is 4.95. The molecule has 0 bridgehead atoms. The molecule has 1 aromatic carbocycles. The van der Waals surface area contributed by atoms with Crippen molar-refractivity contribution >= 4 is 28.7 Å². The monoisotopic (exact) mass is 486 g/mol. The Hall–Kier alpha value is -2.84. The summed E-state index contributed by atoms with van der Waals surface area (Å²) in [6, 6.07) is 1.73. The second kappa shape index (κ2) is 9.32. The normalized spacial score (nSPS) is 21.5. The molecule has 188 valence electrons. The van der Waals surface area contributed by atoms with Crippen molar-refractivity contribution in [3.05, 3.63) is 35.8 Å². The fourth-order valence-electron chi connectivity index (χ4n) is 5.58. The van der Waals surface area contributed by atoms with Gasteiger partial charge in [-0.25, -0.2) is 23.1 Å². The van der Waals surface area contributed by atoms with Crippen LogP contribution < -0.4 is 10.6 Å². The van der Waals surface area contributed by atoms with E-state index < -0.39 is 23.1 Å². The lowest BCUT2D eigenvalue weighted by Crippen LogP contribution is -2.23. The summed E-state index contributed by atoms with van der Waals surface area (Å²) in [5.74, 6) is -1.66. The van der Waals surface area contributed by atoms with E-state index in [1.807, 2.05) is 4.57 Å². The van der Waals surface area contributed by atoms with Gasteiger partial charge in [0, 0.05) is 24.2 Å². The first-order valence-corrected chi connectivity index (χ1v) is 12.6. The minimum atomic E-state index is -1.01. The minimum absolute atomic E-state index is 0.0655. The fourth-order valence-corrected chi connectivity index (χ4v) is 5.58. The fraction of sp³-hybridized carbons (Fsp3) is 0.577. The lowest BCUT2D eigenvalue weighted by Gasteiger charge is -2.27. The summed E-state index contributed by atoms with van der Waals surface area (Å²) in [6.07, 6.45) is 10.3. The standard InChI is InChI=1S/C26H33F3N6/c1-26(2,3)15-9-10-18(11-15)35-23-21(14-30-24(34-23)31-17-7-5-4-6-8-17)32-25(35)33-22-19(28)12-16(27)13-20(22)29/h12-15,17-18H,4-11H2,1-3H3,(H,32,33)(H,30,31,34)/t15-,18?/m1/s1. The Kier molecular flexibility index (Phi) is 6.36. The van der Waals surface area contributed by atoms with E-state index in [1.165, 1.54) is 19.3 Å². The van der Waals surface area contributed by atoms with Gasteiger partial charge in [-0.1, -0.05) is 40.0 Å². The molecule has 0 aliphatic heterocycles. The minimum Gasteiger partial charge on any atom is -0.351 e. The summed E-state index contributed by atoms with van der Waals surface area (Å²) in [5, 5.41) is 6.27. The summed E-state index contributed by atoms with van der Waals surface area (Å²) < 4.78 is 44.4. The molecule has 2 heterocycles. The highest BCUT2D eigenvalue weighted by Crippen LogP contribution is 2.46. The van der Waals surface area contributed by atoms with Crippen LogP contribution in [0.4, 0.5) is 30.8 Å². The van der Waals surface area contributed by atoms with Gasteiger partial charge in [0.1, 0.15) is 17.0 Å². The summed E-state index contributed by atoms with van der Waals surface area (Å²) in [7, 11) is 0. The predicted molar refractivity (Wildman–Crippen MR) is 131 cm³/mol. The number of nitrogens with zero attached hydrogens (tertiary/aromatic N) is 4. The van der Waals surface area contributed by atoms with Crippen molar-refractivity contribution in [3.8, 4) is 0 Å². The molecule has 0 amide bonds. The maximum Gasteiger partial charge on any atom is 0.224 e. The van der Waals surface area contributed by atoms with Crippen molar-refractivity contribution < 1.29 is 13.2 Å². The van der Waals surface area contributed by atoms with Crippen molar-refractivity contribution in [1.29, 1.82) is 0 Å². The molecule has 2 aliphatic carbocycles. The molecular formula is C26H33F3N6. The Bertz CT molecular complexity index is 1190. The Labute approximate surface area is 203 Å². The zero-order valence-corrected chi connectivity index (χ0v) is 20.5. The number of benzene rings is 1. The zero-order valence-electron chi connectivity index (χ0n) is 20.5. The second-order valence-corrected chi connectivity index (χ2v) is 11.1. The quantitative estimate of drug-likeness (QED) is 0.402. The van der Waals surface area contributed by atoms with Gasteiger partial charge in [0.15, 0.2) is 17.3 Å². The number of rotatable bonds is 5. The summed E-state index contributed by atoms with van der Waals surface area (Å²) in [6.45, 7) is 6.72. The highest BCUT2D eigenvalue weighted by Gasteiger charge is 2.36. The van der Waals surface area contributed by atoms with Crippen molar-refractivity contribution in [2.24, 2.45) is 11.3 Å². The molecule has 2 aromatic heterocycles. The van der Waals surface area contributed by atoms with Crippen LogP contribution in [0.2, 0.25) is 0 Å². The van der Waals surface area contributed by atoms with E-state index in [4.69, 9.17) is 4.98 Å². The lowest BCUT2D eigenvalue weighted by atomic mass is 9.80. The largest absolute Gasteiger partial charge is 0.351 e. The molecule has 0 radical (unpaired) electrons. The average molecular weight is 487 g/mol. The maximum absolute atomic E-state index is 14.5. The van der Waals surface area contributed by atoms with Crippen LogP contribution in [0.1, 0.15) is 78.2 Å². The summed E-state index contributed by atoms with van der Waals surface area (Å²) in [4.78, 5) is 13.9. The third-order valence-electron chi connectivity index (χ3n) is 7.61. The van der Waals surface area contributed by atoms with E-state index in [2.05, 4.69) is 41.4 Å². The molecule has 6 nitrogen and oxygen atoms in total. The van der Waals surface area contributed by atoms with Gasteiger partial charge in [0.05, 0.1) is 6.20 Å². The Balaban J connectivity index is 1.54. The Morgan fingerprint density at radius 2 is 1.66 bits per heavy atom. The van der Waals surface area contributed by atoms with Crippen LogP contribution in [0.3, 0.4) is 0 Å². The van der Waals surface area contributed by atoms with Crippen molar-refractivity contribution in [1.82, 2.24) is 19.5 Å². The van der Waals surface area contributed by atoms with Gasteiger partial charge in [0.2, 0.25) is 11.9 Å². The van der Waals surface area contributed by atoms with Crippen LogP contribution in [0, 0.1) is 28.8 Å².